The lowest BCUT2D eigenvalue weighted by atomic mass is 10.2. The van der Waals surface area contributed by atoms with E-state index in [0.29, 0.717) is 21.3 Å². The van der Waals surface area contributed by atoms with E-state index < -0.39 is 5.97 Å². The summed E-state index contributed by atoms with van der Waals surface area (Å²) in [6, 6.07) is 14.2. The van der Waals surface area contributed by atoms with E-state index in [1.807, 2.05) is 12.1 Å². The number of ether oxygens (including phenoxy) is 1. The van der Waals surface area contributed by atoms with Crippen LogP contribution in [0.2, 0.25) is 0 Å². The van der Waals surface area contributed by atoms with Crippen LogP contribution in [-0.2, 0) is 0 Å². The number of esters is 1. The van der Waals surface area contributed by atoms with Gasteiger partial charge in [0.15, 0.2) is 0 Å². The molecule has 0 aliphatic carbocycles. The SMILES string of the molecule is O=C(Oc1ccccc1/C=N\n1cnnc1)c1ccccc1Br. The van der Waals surface area contributed by atoms with Crippen LogP contribution in [0.5, 0.6) is 5.75 Å². The molecule has 0 spiro atoms. The summed E-state index contributed by atoms with van der Waals surface area (Å²) in [5, 5.41) is 11.5. The van der Waals surface area contributed by atoms with Gasteiger partial charge in [0, 0.05) is 10.0 Å². The number of halogens is 1. The van der Waals surface area contributed by atoms with Crippen molar-refractivity contribution in [3.05, 3.63) is 76.8 Å². The molecule has 0 amide bonds. The highest BCUT2D eigenvalue weighted by atomic mass is 79.9. The Morgan fingerprint density at radius 2 is 1.78 bits per heavy atom. The first-order valence-electron chi connectivity index (χ1n) is 6.69. The van der Waals surface area contributed by atoms with Crippen molar-refractivity contribution in [2.45, 2.75) is 0 Å². The number of hydrogen-bond acceptors (Lipinski definition) is 5. The number of carbonyl (C=O) groups excluding carboxylic acids is 1. The molecule has 6 nitrogen and oxygen atoms in total. The Morgan fingerprint density at radius 3 is 2.57 bits per heavy atom. The topological polar surface area (TPSA) is 69.4 Å². The molecule has 0 N–H and O–H groups in total. The molecule has 0 atom stereocenters. The monoisotopic (exact) mass is 370 g/mol. The molecule has 0 aliphatic rings. The molecule has 0 unspecified atom stereocenters. The third-order valence-corrected chi connectivity index (χ3v) is 3.64. The Kier molecular flexibility index (Phi) is 4.58. The normalized spacial score (nSPS) is 10.8. The zero-order valence-electron chi connectivity index (χ0n) is 11.8. The first kappa shape index (κ1) is 15.1. The summed E-state index contributed by atoms with van der Waals surface area (Å²) >= 11 is 3.34. The van der Waals surface area contributed by atoms with Crippen LogP contribution < -0.4 is 4.74 Å². The van der Waals surface area contributed by atoms with E-state index in [2.05, 4.69) is 31.2 Å². The molecule has 3 rings (SSSR count). The van der Waals surface area contributed by atoms with E-state index in [-0.39, 0.29) is 0 Å². The van der Waals surface area contributed by atoms with Gasteiger partial charge in [-0.05, 0) is 40.2 Å². The summed E-state index contributed by atoms with van der Waals surface area (Å²) in [5.74, 6) is -0.0206. The molecule has 0 bridgehead atoms. The summed E-state index contributed by atoms with van der Waals surface area (Å²) in [6.45, 7) is 0. The zero-order chi connectivity index (χ0) is 16.1. The molecule has 3 aromatic rings. The highest BCUT2D eigenvalue weighted by Gasteiger charge is 2.13. The van der Waals surface area contributed by atoms with Crippen molar-refractivity contribution in [3.63, 3.8) is 0 Å². The third kappa shape index (κ3) is 3.70. The molecule has 23 heavy (non-hydrogen) atoms. The third-order valence-electron chi connectivity index (χ3n) is 2.95. The fraction of sp³-hybridized carbons (Fsp3) is 0. The summed E-state index contributed by atoms with van der Waals surface area (Å²) in [4.78, 5) is 12.3. The molecule has 0 saturated carbocycles. The minimum absolute atomic E-state index is 0.421. The van der Waals surface area contributed by atoms with Crippen molar-refractivity contribution in [2.24, 2.45) is 5.10 Å². The highest BCUT2D eigenvalue weighted by molar-refractivity contribution is 9.10. The summed E-state index contributed by atoms with van der Waals surface area (Å²) in [6.07, 6.45) is 4.50. The Morgan fingerprint density at radius 1 is 1.09 bits per heavy atom. The van der Waals surface area contributed by atoms with E-state index in [4.69, 9.17) is 4.74 Å². The van der Waals surface area contributed by atoms with Gasteiger partial charge in [-0.2, -0.15) is 5.10 Å². The minimum Gasteiger partial charge on any atom is -0.422 e. The molecular weight excluding hydrogens is 360 g/mol. The van der Waals surface area contributed by atoms with Crippen molar-refractivity contribution >= 4 is 28.1 Å². The Balaban J connectivity index is 1.83. The van der Waals surface area contributed by atoms with Crippen LogP contribution in [0.1, 0.15) is 15.9 Å². The average molecular weight is 371 g/mol. The van der Waals surface area contributed by atoms with Gasteiger partial charge in [0.2, 0.25) is 0 Å². The van der Waals surface area contributed by atoms with Gasteiger partial charge in [0.05, 0.1) is 11.8 Å². The van der Waals surface area contributed by atoms with Crippen molar-refractivity contribution in [1.29, 1.82) is 0 Å². The minimum atomic E-state index is -0.442. The maximum atomic E-state index is 12.3. The van der Waals surface area contributed by atoms with Gasteiger partial charge < -0.3 is 4.74 Å². The van der Waals surface area contributed by atoms with Crippen LogP contribution in [0.15, 0.2) is 70.8 Å². The largest absolute Gasteiger partial charge is 0.422 e. The van der Waals surface area contributed by atoms with E-state index >= 15 is 0 Å². The van der Waals surface area contributed by atoms with Crippen LogP contribution in [-0.4, -0.2) is 27.1 Å². The van der Waals surface area contributed by atoms with Crippen molar-refractivity contribution < 1.29 is 9.53 Å². The number of nitrogens with zero attached hydrogens (tertiary/aromatic N) is 4. The molecule has 2 aromatic carbocycles. The van der Waals surface area contributed by atoms with E-state index in [0.717, 1.165) is 0 Å². The number of aromatic nitrogens is 3. The molecule has 1 aromatic heterocycles. The first-order chi connectivity index (χ1) is 11.2. The fourth-order valence-electron chi connectivity index (χ4n) is 1.85. The Hall–Kier alpha value is -2.80. The molecule has 0 fully saturated rings. The van der Waals surface area contributed by atoms with Gasteiger partial charge in [-0.15, -0.1) is 10.2 Å². The number of hydrogen-bond donors (Lipinski definition) is 0. The maximum absolute atomic E-state index is 12.3. The molecule has 0 aliphatic heterocycles. The van der Waals surface area contributed by atoms with Crippen molar-refractivity contribution in [1.82, 2.24) is 14.9 Å². The van der Waals surface area contributed by atoms with Crippen LogP contribution in [0, 0.1) is 0 Å². The standard InChI is InChI=1S/C16H11BrN4O2/c17-14-7-3-2-6-13(14)16(22)23-15-8-4-1-5-12(15)9-20-21-10-18-19-11-21/h1-11H/b20-9-. The fourth-order valence-corrected chi connectivity index (χ4v) is 2.29. The lowest BCUT2D eigenvalue weighted by Gasteiger charge is -2.08. The van der Waals surface area contributed by atoms with Gasteiger partial charge in [-0.3, -0.25) is 0 Å². The molecule has 1 heterocycles. The number of carbonyl (C=O) groups is 1. The molecule has 7 heteroatoms. The zero-order valence-corrected chi connectivity index (χ0v) is 13.4. The van der Waals surface area contributed by atoms with Crippen LogP contribution >= 0.6 is 15.9 Å². The number of rotatable bonds is 4. The predicted molar refractivity (Wildman–Crippen MR) is 88.6 cm³/mol. The molecule has 0 radical (unpaired) electrons. The maximum Gasteiger partial charge on any atom is 0.344 e. The molecule has 0 saturated heterocycles. The molecule has 114 valence electrons. The van der Waals surface area contributed by atoms with Crippen molar-refractivity contribution in [3.8, 4) is 5.75 Å². The van der Waals surface area contributed by atoms with E-state index in [1.165, 1.54) is 17.3 Å². The average Bonchev–Trinajstić information content (AvgIpc) is 3.08. The van der Waals surface area contributed by atoms with Gasteiger partial charge in [-0.25, -0.2) is 9.47 Å². The predicted octanol–water partition coefficient (Wildman–Crippen LogP) is 3.14. The molecular formula is C16H11BrN4O2. The number of para-hydroxylation sites is 1. The van der Waals surface area contributed by atoms with Gasteiger partial charge >= 0.3 is 5.97 Å². The van der Waals surface area contributed by atoms with Gasteiger partial charge in [0.25, 0.3) is 0 Å². The second kappa shape index (κ2) is 6.97. The first-order valence-corrected chi connectivity index (χ1v) is 7.48. The number of benzene rings is 2. The van der Waals surface area contributed by atoms with Gasteiger partial charge in [-0.1, -0.05) is 24.3 Å². The van der Waals surface area contributed by atoms with E-state index in [1.54, 1.807) is 42.6 Å². The lowest BCUT2D eigenvalue weighted by molar-refractivity contribution is 0.0733. The summed E-state index contributed by atoms with van der Waals surface area (Å²) in [7, 11) is 0. The Bertz CT molecular complexity index is 847. The van der Waals surface area contributed by atoms with Crippen LogP contribution in [0.4, 0.5) is 0 Å². The smallest absolute Gasteiger partial charge is 0.344 e. The van der Waals surface area contributed by atoms with Crippen molar-refractivity contribution in [2.75, 3.05) is 0 Å². The second-order valence-electron chi connectivity index (χ2n) is 4.49. The highest BCUT2D eigenvalue weighted by Crippen LogP contribution is 2.21. The summed E-state index contributed by atoms with van der Waals surface area (Å²) in [5.41, 5.74) is 1.12. The Labute approximate surface area is 140 Å². The lowest BCUT2D eigenvalue weighted by Crippen LogP contribution is -2.10. The second-order valence-corrected chi connectivity index (χ2v) is 5.35. The van der Waals surface area contributed by atoms with E-state index in [9.17, 15) is 4.79 Å². The van der Waals surface area contributed by atoms with Gasteiger partial charge in [0.1, 0.15) is 18.4 Å². The van der Waals surface area contributed by atoms with Crippen LogP contribution in [0.3, 0.4) is 0 Å². The van der Waals surface area contributed by atoms with Crippen LogP contribution in [0.25, 0.3) is 0 Å². The summed E-state index contributed by atoms with van der Waals surface area (Å²) < 4.78 is 7.61. The quantitative estimate of drug-likeness (QED) is 0.401.